The molecule has 6 nitrogen and oxygen atoms in total. The molecule has 1 aromatic carbocycles. The van der Waals surface area contributed by atoms with E-state index in [4.69, 9.17) is 10.00 Å². The van der Waals surface area contributed by atoms with Gasteiger partial charge in [-0.3, -0.25) is 9.59 Å². The van der Waals surface area contributed by atoms with Crippen molar-refractivity contribution in [3.05, 3.63) is 35.9 Å². The monoisotopic (exact) mass is 369 g/mol. The molecule has 0 aliphatic rings. The number of amides is 2. The second kappa shape index (κ2) is 9.46. The highest BCUT2D eigenvalue weighted by Gasteiger charge is 2.33. The van der Waals surface area contributed by atoms with Gasteiger partial charge in [-0.25, -0.2) is 0 Å². The van der Waals surface area contributed by atoms with Gasteiger partial charge >= 0.3 is 6.18 Å². The van der Waals surface area contributed by atoms with E-state index in [9.17, 15) is 22.8 Å². The lowest BCUT2D eigenvalue weighted by Gasteiger charge is -2.23. The second-order valence-electron chi connectivity index (χ2n) is 5.45. The van der Waals surface area contributed by atoms with E-state index in [0.717, 1.165) is 11.0 Å². The van der Waals surface area contributed by atoms with Gasteiger partial charge < -0.3 is 14.5 Å². The average Bonchev–Trinajstić information content (AvgIpc) is 2.56. The lowest BCUT2D eigenvalue weighted by Crippen LogP contribution is -2.44. The van der Waals surface area contributed by atoms with Crippen LogP contribution in [0.5, 0.6) is 5.75 Å². The predicted molar refractivity (Wildman–Crippen MR) is 87.9 cm³/mol. The molecule has 0 atom stereocenters. The number of hydrogen-bond acceptors (Lipinski definition) is 4. The van der Waals surface area contributed by atoms with Gasteiger partial charge in [-0.15, -0.1) is 0 Å². The first-order valence-electron chi connectivity index (χ1n) is 7.46. The van der Waals surface area contributed by atoms with Crippen LogP contribution in [-0.4, -0.2) is 61.6 Å². The van der Waals surface area contributed by atoms with E-state index >= 15 is 0 Å². The molecule has 0 aliphatic carbocycles. The van der Waals surface area contributed by atoms with Crippen LogP contribution in [0.25, 0.3) is 6.08 Å². The fraction of sp³-hybridized carbons (Fsp3) is 0.353. The molecule has 26 heavy (non-hydrogen) atoms. The van der Waals surface area contributed by atoms with Gasteiger partial charge in [0.1, 0.15) is 24.9 Å². The Labute approximate surface area is 149 Å². The molecule has 0 spiro atoms. The number of rotatable bonds is 7. The molecule has 1 rings (SSSR count). The fourth-order valence-electron chi connectivity index (χ4n) is 1.80. The van der Waals surface area contributed by atoms with Gasteiger partial charge in [0.2, 0.25) is 11.8 Å². The van der Waals surface area contributed by atoms with Crippen molar-refractivity contribution in [3.8, 4) is 11.8 Å². The highest BCUT2D eigenvalue weighted by molar-refractivity contribution is 5.94. The quantitative estimate of drug-likeness (QED) is 0.690. The molecule has 0 saturated carbocycles. The smallest absolute Gasteiger partial charge is 0.406 e. The third kappa shape index (κ3) is 7.70. The highest BCUT2D eigenvalue weighted by atomic mass is 19.4. The van der Waals surface area contributed by atoms with Crippen molar-refractivity contribution < 1.29 is 27.5 Å². The van der Waals surface area contributed by atoms with Crippen LogP contribution in [0, 0.1) is 11.3 Å². The average molecular weight is 369 g/mol. The maximum atomic E-state index is 12.6. The van der Waals surface area contributed by atoms with E-state index in [-0.39, 0.29) is 6.61 Å². The molecule has 1 aromatic rings. The Morgan fingerprint density at radius 1 is 1.23 bits per heavy atom. The summed E-state index contributed by atoms with van der Waals surface area (Å²) in [5.41, 5.74) is 0.550. The molecule has 2 amide bonds. The SMILES string of the molecule is CN(C)C(=O)CN(CC(F)(F)F)C(=O)C=Cc1ccc(OCC#N)cc1. The Kier molecular flexibility index (Phi) is 7.65. The number of carbonyl (C=O) groups excluding carboxylic acids is 2. The first-order chi connectivity index (χ1) is 12.1. The van der Waals surface area contributed by atoms with Crippen LogP contribution in [0.4, 0.5) is 13.2 Å². The standard InChI is InChI=1S/C17H18F3N3O3/c1-22(2)16(25)11-23(12-17(18,19)20)15(24)8-5-13-3-6-14(7-4-13)26-10-9-21/h3-8H,10-12H2,1-2H3. The van der Waals surface area contributed by atoms with Crippen LogP contribution in [-0.2, 0) is 9.59 Å². The summed E-state index contributed by atoms with van der Waals surface area (Å²) in [5.74, 6) is -1.09. The highest BCUT2D eigenvalue weighted by Crippen LogP contribution is 2.17. The summed E-state index contributed by atoms with van der Waals surface area (Å²) in [6.45, 7) is -2.30. The molecule has 9 heteroatoms. The number of halogens is 3. The molecule has 0 unspecified atom stereocenters. The van der Waals surface area contributed by atoms with Gasteiger partial charge in [0.05, 0.1) is 0 Å². The topological polar surface area (TPSA) is 73.6 Å². The number of alkyl halides is 3. The molecule has 0 aromatic heterocycles. The van der Waals surface area contributed by atoms with Gasteiger partial charge in [0, 0.05) is 20.2 Å². The maximum absolute atomic E-state index is 12.6. The van der Waals surface area contributed by atoms with Crippen LogP contribution in [0.3, 0.4) is 0 Å². The van der Waals surface area contributed by atoms with Crippen molar-refractivity contribution in [1.29, 1.82) is 5.26 Å². The van der Waals surface area contributed by atoms with Crippen molar-refractivity contribution in [3.63, 3.8) is 0 Å². The number of hydrogen-bond donors (Lipinski definition) is 0. The first-order valence-corrected chi connectivity index (χ1v) is 7.46. The maximum Gasteiger partial charge on any atom is 0.406 e. The second-order valence-corrected chi connectivity index (χ2v) is 5.45. The lowest BCUT2D eigenvalue weighted by atomic mass is 10.2. The van der Waals surface area contributed by atoms with Crippen LogP contribution in [0.2, 0.25) is 0 Å². The van der Waals surface area contributed by atoms with E-state index in [1.165, 1.54) is 20.2 Å². The van der Waals surface area contributed by atoms with E-state index in [1.54, 1.807) is 24.3 Å². The van der Waals surface area contributed by atoms with Crippen LogP contribution >= 0.6 is 0 Å². The predicted octanol–water partition coefficient (Wildman–Crippen LogP) is 2.08. The van der Waals surface area contributed by atoms with Gasteiger partial charge in [-0.1, -0.05) is 12.1 Å². The minimum Gasteiger partial charge on any atom is -0.479 e. The van der Waals surface area contributed by atoms with Crippen molar-refractivity contribution in [2.75, 3.05) is 33.8 Å². The summed E-state index contributed by atoms with van der Waals surface area (Å²) in [6, 6.07) is 8.09. The molecule has 0 aliphatic heterocycles. The molecule has 0 heterocycles. The summed E-state index contributed by atoms with van der Waals surface area (Å²) in [7, 11) is 2.79. The molecule has 0 fully saturated rings. The zero-order valence-electron chi connectivity index (χ0n) is 14.3. The van der Waals surface area contributed by atoms with Crippen LogP contribution in [0.15, 0.2) is 30.3 Å². The molecular formula is C17H18F3N3O3. The molecular weight excluding hydrogens is 351 g/mol. The minimum absolute atomic E-state index is 0.111. The Morgan fingerprint density at radius 2 is 1.85 bits per heavy atom. The molecule has 0 saturated heterocycles. The third-order valence-electron chi connectivity index (χ3n) is 3.11. The third-order valence-corrected chi connectivity index (χ3v) is 3.11. The van der Waals surface area contributed by atoms with E-state index in [0.29, 0.717) is 16.2 Å². The molecule has 0 radical (unpaired) electrons. The summed E-state index contributed by atoms with van der Waals surface area (Å²) in [5, 5.41) is 8.42. The molecule has 0 N–H and O–H groups in total. The largest absolute Gasteiger partial charge is 0.479 e. The van der Waals surface area contributed by atoms with Crippen LogP contribution in [0.1, 0.15) is 5.56 Å². The summed E-state index contributed by atoms with van der Waals surface area (Å²) < 4.78 is 43.0. The van der Waals surface area contributed by atoms with Gasteiger partial charge in [-0.2, -0.15) is 18.4 Å². The van der Waals surface area contributed by atoms with Crippen molar-refractivity contribution in [2.45, 2.75) is 6.18 Å². The molecule has 0 bridgehead atoms. The van der Waals surface area contributed by atoms with Gasteiger partial charge in [0.25, 0.3) is 0 Å². The number of carbonyl (C=O) groups is 2. The Hall–Kier alpha value is -3.02. The Bertz CT molecular complexity index is 692. The molecule has 140 valence electrons. The normalized spacial score (nSPS) is 11.1. The minimum atomic E-state index is -4.62. The zero-order chi connectivity index (χ0) is 19.7. The number of likely N-dealkylation sites (N-methyl/N-ethyl adjacent to an activating group) is 1. The number of benzene rings is 1. The number of nitrogens with zero attached hydrogens (tertiary/aromatic N) is 3. The van der Waals surface area contributed by atoms with Gasteiger partial charge in [-0.05, 0) is 23.8 Å². The van der Waals surface area contributed by atoms with E-state index in [1.807, 2.05) is 6.07 Å². The van der Waals surface area contributed by atoms with Crippen molar-refractivity contribution in [2.24, 2.45) is 0 Å². The summed E-state index contributed by atoms with van der Waals surface area (Å²) in [6.07, 6.45) is -2.31. The zero-order valence-corrected chi connectivity index (χ0v) is 14.3. The van der Waals surface area contributed by atoms with Gasteiger partial charge in [0.15, 0.2) is 6.61 Å². The number of nitriles is 1. The summed E-state index contributed by atoms with van der Waals surface area (Å²) in [4.78, 5) is 25.3. The Morgan fingerprint density at radius 3 is 2.35 bits per heavy atom. The van der Waals surface area contributed by atoms with E-state index in [2.05, 4.69) is 0 Å². The van der Waals surface area contributed by atoms with E-state index < -0.39 is 31.1 Å². The van der Waals surface area contributed by atoms with Crippen molar-refractivity contribution in [1.82, 2.24) is 9.80 Å². The van der Waals surface area contributed by atoms with Crippen molar-refractivity contribution >= 4 is 17.9 Å². The Balaban J connectivity index is 2.82. The summed E-state index contributed by atoms with van der Waals surface area (Å²) >= 11 is 0. The number of ether oxygens (including phenoxy) is 1. The van der Waals surface area contributed by atoms with Crippen LogP contribution < -0.4 is 4.74 Å². The lowest BCUT2D eigenvalue weighted by molar-refractivity contribution is -0.161. The fourth-order valence-corrected chi connectivity index (χ4v) is 1.80. The first kappa shape index (κ1) is 21.0.